The molecule has 0 spiro atoms. The smallest absolute Gasteiger partial charge is 0.189 e. The second-order valence-corrected chi connectivity index (χ2v) is 5.35. The first-order valence-corrected chi connectivity index (χ1v) is 7.71. The van der Waals surface area contributed by atoms with E-state index in [1.807, 2.05) is 13.0 Å². The van der Waals surface area contributed by atoms with Crippen molar-refractivity contribution in [3.05, 3.63) is 53.1 Å². The Morgan fingerprint density at radius 3 is 2.00 bits per heavy atom. The number of benzene rings is 2. The molecule has 0 aliphatic rings. The largest absolute Gasteiger partial charge is 0.496 e. The fourth-order valence-electron chi connectivity index (χ4n) is 2.45. The number of ether oxygens (including phenoxy) is 4. The van der Waals surface area contributed by atoms with E-state index in [2.05, 4.69) is 0 Å². The molecule has 0 N–H and O–H groups in total. The number of methoxy groups -OCH3 is 4. The van der Waals surface area contributed by atoms with Crippen molar-refractivity contribution in [2.75, 3.05) is 28.4 Å². The molecule has 0 aliphatic carbocycles. The fourth-order valence-corrected chi connectivity index (χ4v) is 2.45. The van der Waals surface area contributed by atoms with Gasteiger partial charge in [-0.1, -0.05) is 11.6 Å². The summed E-state index contributed by atoms with van der Waals surface area (Å²) >= 11 is 0. The zero-order chi connectivity index (χ0) is 18.4. The molecule has 0 aromatic heterocycles. The van der Waals surface area contributed by atoms with Crippen molar-refractivity contribution in [1.82, 2.24) is 0 Å². The summed E-state index contributed by atoms with van der Waals surface area (Å²) in [5.41, 5.74) is 2.21. The number of allylic oxidation sites excluding steroid dienone is 1. The van der Waals surface area contributed by atoms with Gasteiger partial charge in [-0.25, -0.2) is 0 Å². The zero-order valence-electron chi connectivity index (χ0n) is 15.1. The molecule has 0 radical (unpaired) electrons. The second kappa shape index (κ2) is 8.24. The normalized spacial score (nSPS) is 10.6. The van der Waals surface area contributed by atoms with Crippen LogP contribution in [0.4, 0.5) is 0 Å². The lowest BCUT2D eigenvalue weighted by Crippen LogP contribution is -2.00. The van der Waals surface area contributed by atoms with Crippen molar-refractivity contribution in [2.24, 2.45) is 0 Å². The molecule has 0 unspecified atom stereocenters. The predicted molar refractivity (Wildman–Crippen MR) is 97.2 cm³/mol. The highest BCUT2D eigenvalue weighted by Crippen LogP contribution is 2.35. The predicted octanol–water partition coefficient (Wildman–Crippen LogP) is 3.93. The molecule has 0 fully saturated rings. The van der Waals surface area contributed by atoms with E-state index in [9.17, 15) is 4.79 Å². The standard InChI is InChI=1S/C20H22O5/c1-13-6-9-17(22-2)15(10-13)16(21)8-7-14-11-19(24-4)20(25-5)12-18(14)23-3/h6-12H,1-5H3/b8-7+. The molecule has 2 aromatic rings. The van der Waals surface area contributed by atoms with Crippen molar-refractivity contribution in [2.45, 2.75) is 6.92 Å². The summed E-state index contributed by atoms with van der Waals surface area (Å²) in [6, 6.07) is 8.96. The van der Waals surface area contributed by atoms with Gasteiger partial charge in [0.1, 0.15) is 11.5 Å². The monoisotopic (exact) mass is 342 g/mol. The summed E-state index contributed by atoms with van der Waals surface area (Å²) in [5, 5.41) is 0. The summed E-state index contributed by atoms with van der Waals surface area (Å²) in [5.74, 6) is 2.08. The minimum atomic E-state index is -0.155. The Balaban J connectivity index is 2.38. The van der Waals surface area contributed by atoms with Crippen LogP contribution in [0.5, 0.6) is 23.0 Å². The third-order valence-corrected chi connectivity index (χ3v) is 3.77. The molecule has 2 aromatic carbocycles. The molecule has 25 heavy (non-hydrogen) atoms. The second-order valence-electron chi connectivity index (χ2n) is 5.35. The van der Waals surface area contributed by atoms with Crippen LogP contribution >= 0.6 is 0 Å². The molecule has 0 bridgehead atoms. The van der Waals surface area contributed by atoms with Gasteiger partial charge in [-0.3, -0.25) is 4.79 Å². The first-order chi connectivity index (χ1) is 12.0. The maximum atomic E-state index is 12.6. The van der Waals surface area contributed by atoms with Gasteiger partial charge in [0, 0.05) is 11.6 Å². The van der Waals surface area contributed by atoms with Crippen LogP contribution in [0, 0.1) is 6.92 Å². The topological polar surface area (TPSA) is 54.0 Å². The molecular weight excluding hydrogens is 320 g/mol. The fraction of sp³-hybridized carbons (Fsp3) is 0.250. The van der Waals surface area contributed by atoms with Crippen LogP contribution in [0.3, 0.4) is 0 Å². The Morgan fingerprint density at radius 1 is 0.800 bits per heavy atom. The summed E-state index contributed by atoms with van der Waals surface area (Å²) in [6.07, 6.45) is 3.17. The number of carbonyl (C=O) groups excluding carboxylic acids is 1. The highest BCUT2D eigenvalue weighted by molar-refractivity contribution is 6.08. The Morgan fingerprint density at radius 2 is 1.40 bits per heavy atom. The summed E-state index contributed by atoms with van der Waals surface area (Å²) in [6.45, 7) is 1.93. The lowest BCUT2D eigenvalue weighted by Gasteiger charge is -2.12. The minimum Gasteiger partial charge on any atom is -0.496 e. The molecule has 0 saturated carbocycles. The van der Waals surface area contributed by atoms with E-state index < -0.39 is 0 Å². The van der Waals surface area contributed by atoms with Gasteiger partial charge in [0.2, 0.25) is 0 Å². The Kier molecular flexibility index (Phi) is 6.06. The average Bonchev–Trinajstić information content (AvgIpc) is 2.65. The van der Waals surface area contributed by atoms with Crippen LogP contribution < -0.4 is 18.9 Å². The van der Waals surface area contributed by atoms with E-state index in [0.717, 1.165) is 5.56 Å². The van der Waals surface area contributed by atoms with Gasteiger partial charge in [0.05, 0.1) is 34.0 Å². The molecule has 5 heteroatoms. The van der Waals surface area contributed by atoms with Crippen molar-refractivity contribution in [1.29, 1.82) is 0 Å². The maximum Gasteiger partial charge on any atom is 0.189 e. The van der Waals surface area contributed by atoms with Gasteiger partial charge >= 0.3 is 0 Å². The van der Waals surface area contributed by atoms with Gasteiger partial charge in [-0.05, 0) is 37.3 Å². The van der Waals surface area contributed by atoms with Gasteiger partial charge in [-0.2, -0.15) is 0 Å². The summed E-state index contributed by atoms with van der Waals surface area (Å²) in [4.78, 5) is 12.6. The molecular formula is C20H22O5. The van der Waals surface area contributed by atoms with Crippen LogP contribution in [0.1, 0.15) is 21.5 Å². The summed E-state index contributed by atoms with van der Waals surface area (Å²) < 4.78 is 21.2. The quantitative estimate of drug-likeness (QED) is 0.564. The lowest BCUT2D eigenvalue weighted by molar-refractivity contribution is 0.104. The van der Waals surface area contributed by atoms with Crippen LogP contribution in [0.25, 0.3) is 6.08 Å². The van der Waals surface area contributed by atoms with Crippen molar-refractivity contribution < 1.29 is 23.7 Å². The van der Waals surface area contributed by atoms with Gasteiger partial charge in [-0.15, -0.1) is 0 Å². The average molecular weight is 342 g/mol. The number of hydrogen-bond acceptors (Lipinski definition) is 5. The third kappa shape index (κ3) is 4.12. The zero-order valence-corrected chi connectivity index (χ0v) is 15.1. The number of carbonyl (C=O) groups is 1. The molecule has 5 nitrogen and oxygen atoms in total. The van der Waals surface area contributed by atoms with Crippen molar-refractivity contribution in [3.8, 4) is 23.0 Å². The highest BCUT2D eigenvalue weighted by atomic mass is 16.5. The third-order valence-electron chi connectivity index (χ3n) is 3.77. The van der Waals surface area contributed by atoms with Gasteiger partial charge in [0.25, 0.3) is 0 Å². The molecule has 2 rings (SSSR count). The maximum absolute atomic E-state index is 12.6. The first kappa shape index (κ1) is 18.4. The number of hydrogen-bond donors (Lipinski definition) is 0. The SMILES string of the molecule is COc1cc(OC)c(OC)cc1/C=C/C(=O)c1cc(C)ccc1OC. The minimum absolute atomic E-state index is 0.155. The molecule has 0 amide bonds. The van der Waals surface area contributed by atoms with E-state index in [1.165, 1.54) is 6.08 Å². The Hall–Kier alpha value is -2.95. The number of ketones is 1. The van der Waals surface area contributed by atoms with E-state index in [0.29, 0.717) is 34.1 Å². The first-order valence-electron chi connectivity index (χ1n) is 7.71. The van der Waals surface area contributed by atoms with Crippen LogP contribution in [0.2, 0.25) is 0 Å². The van der Waals surface area contributed by atoms with Gasteiger partial charge < -0.3 is 18.9 Å². The van der Waals surface area contributed by atoms with Crippen LogP contribution in [-0.2, 0) is 0 Å². The molecule has 0 saturated heterocycles. The van der Waals surface area contributed by atoms with Crippen LogP contribution in [-0.4, -0.2) is 34.2 Å². The number of rotatable bonds is 7. The highest BCUT2D eigenvalue weighted by Gasteiger charge is 2.12. The van der Waals surface area contributed by atoms with E-state index in [4.69, 9.17) is 18.9 Å². The van der Waals surface area contributed by atoms with E-state index in [-0.39, 0.29) is 5.78 Å². The Labute approximate surface area is 147 Å². The van der Waals surface area contributed by atoms with Crippen molar-refractivity contribution >= 4 is 11.9 Å². The van der Waals surface area contributed by atoms with E-state index in [1.54, 1.807) is 58.8 Å². The molecule has 0 heterocycles. The number of aryl methyl sites for hydroxylation is 1. The van der Waals surface area contributed by atoms with Gasteiger partial charge in [0.15, 0.2) is 17.3 Å². The molecule has 0 aliphatic heterocycles. The Bertz CT molecular complexity index is 793. The van der Waals surface area contributed by atoms with Crippen molar-refractivity contribution in [3.63, 3.8) is 0 Å². The molecule has 0 atom stereocenters. The van der Waals surface area contributed by atoms with E-state index >= 15 is 0 Å². The van der Waals surface area contributed by atoms with Crippen LogP contribution in [0.15, 0.2) is 36.4 Å². The lowest BCUT2D eigenvalue weighted by atomic mass is 10.0. The summed E-state index contributed by atoms with van der Waals surface area (Å²) in [7, 11) is 6.22. The molecule has 132 valence electrons.